The average Bonchev–Trinajstić information content (AvgIpc) is 3.13. The summed E-state index contributed by atoms with van der Waals surface area (Å²) in [7, 11) is 0. The number of carbonyl (C=O) groups excluding carboxylic acids is 1. The van der Waals surface area contributed by atoms with Crippen molar-refractivity contribution in [3.05, 3.63) is 42.5 Å². The van der Waals surface area contributed by atoms with Crippen LogP contribution in [0.15, 0.2) is 42.5 Å². The van der Waals surface area contributed by atoms with E-state index < -0.39 is 6.10 Å². The number of benzene rings is 1. The van der Waals surface area contributed by atoms with E-state index in [0.717, 1.165) is 24.4 Å². The van der Waals surface area contributed by atoms with Crippen molar-refractivity contribution in [2.75, 3.05) is 4.90 Å². The van der Waals surface area contributed by atoms with Crippen molar-refractivity contribution in [3.8, 4) is 0 Å². The number of fused-ring (bicyclic) bond motifs is 1. The number of allylic oxidation sites excluding steroid dienone is 1. The summed E-state index contributed by atoms with van der Waals surface area (Å²) in [6.45, 7) is 8.91. The van der Waals surface area contributed by atoms with Gasteiger partial charge in [0.1, 0.15) is 0 Å². The fraction of sp³-hybridized carbons (Fsp3) is 0.591. The van der Waals surface area contributed by atoms with Crippen molar-refractivity contribution in [1.82, 2.24) is 0 Å². The maximum Gasteiger partial charge on any atom is 0.259 e. The molecule has 1 heterocycles. The number of anilines is 1. The zero-order valence-corrected chi connectivity index (χ0v) is 17.6. The minimum atomic E-state index is -0.394. The predicted molar refractivity (Wildman–Crippen MR) is 109 cm³/mol. The Hall–Kier alpha value is -1.13. The number of β-lactam (4-membered cyclic amide) rings is 1. The molecule has 26 heavy (non-hydrogen) atoms. The van der Waals surface area contributed by atoms with Gasteiger partial charge in [0.2, 0.25) is 0 Å². The molecule has 4 rings (SSSR count). The highest BCUT2D eigenvalue weighted by Gasteiger charge is 2.65. The number of alkyl halides is 1. The number of nitrogens with zero attached hydrogens (tertiary/aromatic N) is 1. The molecule has 0 unspecified atom stereocenters. The van der Waals surface area contributed by atoms with Crippen LogP contribution in [0.2, 0.25) is 0 Å². The molecule has 3 nitrogen and oxygen atoms in total. The molecule has 6 atom stereocenters. The van der Waals surface area contributed by atoms with Crippen molar-refractivity contribution in [2.45, 2.75) is 63.1 Å². The van der Waals surface area contributed by atoms with Crippen LogP contribution >= 0.6 is 15.9 Å². The standard InChI is InChI=1S/C22H28BrNO2/c1-5-9-17-19(20(25)24(17)14-10-7-6-8-11-14)26-22(4)13-16-15(12-18(22)23)21(16,2)3/h5-11,15-19H,12-13H2,1-4H3/b9-5+/t15-,16+,17-,18-,19+,22-/m1/s1. The number of hydrogen-bond donors (Lipinski definition) is 0. The van der Waals surface area contributed by atoms with Crippen LogP contribution in [0.3, 0.4) is 0 Å². The second-order valence-electron chi connectivity index (χ2n) is 8.85. The summed E-state index contributed by atoms with van der Waals surface area (Å²) >= 11 is 3.88. The average molecular weight is 418 g/mol. The maximum atomic E-state index is 12.9. The molecule has 1 saturated heterocycles. The Morgan fingerprint density at radius 2 is 1.88 bits per heavy atom. The Bertz CT molecular complexity index is 731. The molecule has 3 fully saturated rings. The molecule has 0 spiro atoms. The molecule has 0 bridgehead atoms. The Morgan fingerprint density at radius 1 is 1.19 bits per heavy atom. The van der Waals surface area contributed by atoms with Crippen LogP contribution in [0.4, 0.5) is 5.69 Å². The van der Waals surface area contributed by atoms with E-state index in [1.54, 1.807) is 0 Å². The first-order valence-electron chi connectivity index (χ1n) is 9.62. The van der Waals surface area contributed by atoms with Crippen LogP contribution in [-0.4, -0.2) is 28.5 Å². The van der Waals surface area contributed by atoms with Crippen molar-refractivity contribution in [3.63, 3.8) is 0 Å². The molecule has 0 N–H and O–H groups in total. The van der Waals surface area contributed by atoms with Gasteiger partial charge in [-0.15, -0.1) is 0 Å². The second-order valence-corrected chi connectivity index (χ2v) is 9.96. The molecule has 140 valence electrons. The van der Waals surface area contributed by atoms with Crippen molar-refractivity contribution in [2.24, 2.45) is 17.3 Å². The first-order valence-corrected chi connectivity index (χ1v) is 10.5. The molecule has 1 amide bonds. The lowest BCUT2D eigenvalue weighted by Crippen LogP contribution is -2.68. The van der Waals surface area contributed by atoms with Gasteiger partial charge in [0, 0.05) is 10.5 Å². The van der Waals surface area contributed by atoms with Gasteiger partial charge < -0.3 is 9.64 Å². The topological polar surface area (TPSA) is 29.5 Å². The lowest BCUT2D eigenvalue weighted by molar-refractivity contribution is -0.160. The van der Waals surface area contributed by atoms with E-state index in [1.807, 2.05) is 48.2 Å². The van der Waals surface area contributed by atoms with E-state index in [-0.39, 0.29) is 17.6 Å². The highest BCUT2D eigenvalue weighted by atomic mass is 79.9. The van der Waals surface area contributed by atoms with E-state index in [2.05, 4.69) is 42.8 Å². The molecule has 2 aliphatic carbocycles. The number of ether oxygens (including phenoxy) is 1. The highest BCUT2D eigenvalue weighted by Crippen LogP contribution is 2.68. The predicted octanol–water partition coefficient (Wildman–Crippen LogP) is 4.95. The van der Waals surface area contributed by atoms with Gasteiger partial charge in [-0.05, 0) is 56.1 Å². The zero-order chi connectivity index (χ0) is 18.7. The number of halogens is 1. The van der Waals surface area contributed by atoms with Crippen LogP contribution in [0.25, 0.3) is 0 Å². The van der Waals surface area contributed by atoms with Crippen LogP contribution in [0.1, 0.15) is 40.5 Å². The van der Waals surface area contributed by atoms with Crippen molar-refractivity contribution in [1.29, 1.82) is 0 Å². The Morgan fingerprint density at radius 3 is 2.54 bits per heavy atom. The van der Waals surface area contributed by atoms with Crippen molar-refractivity contribution >= 4 is 27.5 Å². The smallest absolute Gasteiger partial charge is 0.259 e. The summed E-state index contributed by atoms with van der Waals surface area (Å²) in [6, 6.07) is 9.84. The summed E-state index contributed by atoms with van der Waals surface area (Å²) in [5.41, 5.74) is 1.06. The third-order valence-corrected chi connectivity index (χ3v) is 8.29. The Balaban J connectivity index is 1.53. The zero-order valence-electron chi connectivity index (χ0n) is 16.0. The lowest BCUT2D eigenvalue weighted by atomic mass is 9.85. The van der Waals surface area contributed by atoms with Crippen LogP contribution in [-0.2, 0) is 9.53 Å². The molecule has 0 aromatic heterocycles. The molecule has 2 saturated carbocycles. The van der Waals surface area contributed by atoms with Gasteiger partial charge >= 0.3 is 0 Å². The number of hydrogen-bond acceptors (Lipinski definition) is 2. The Kier molecular flexibility index (Phi) is 4.35. The number of rotatable bonds is 4. The number of para-hydroxylation sites is 1. The fourth-order valence-corrected chi connectivity index (χ4v) is 5.75. The minimum absolute atomic E-state index is 0.0311. The van der Waals surface area contributed by atoms with Gasteiger partial charge in [-0.3, -0.25) is 4.79 Å². The van der Waals surface area contributed by atoms with Gasteiger partial charge in [-0.25, -0.2) is 0 Å². The van der Waals surface area contributed by atoms with E-state index >= 15 is 0 Å². The summed E-state index contributed by atoms with van der Waals surface area (Å²) in [6.07, 6.45) is 5.86. The van der Waals surface area contributed by atoms with Gasteiger partial charge in [0.25, 0.3) is 5.91 Å². The molecule has 3 aliphatic rings. The monoisotopic (exact) mass is 417 g/mol. The third-order valence-electron chi connectivity index (χ3n) is 6.95. The quantitative estimate of drug-likeness (QED) is 0.393. The van der Waals surface area contributed by atoms with Crippen LogP contribution in [0, 0.1) is 17.3 Å². The normalized spacial score (nSPS) is 41.0. The molecule has 1 aliphatic heterocycles. The fourth-order valence-electron chi connectivity index (χ4n) is 5.06. The molecule has 1 aromatic carbocycles. The summed E-state index contributed by atoms with van der Waals surface area (Å²) in [5.74, 6) is 1.56. The molecule has 4 heteroatoms. The Labute approximate surface area is 164 Å². The molecule has 1 aromatic rings. The van der Waals surface area contributed by atoms with E-state index in [4.69, 9.17) is 4.74 Å². The second kappa shape index (κ2) is 6.20. The summed E-state index contributed by atoms with van der Waals surface area (Å²) in [4.78, 5) is 15.1. The minimum Gasteiger partial charge on any atom is -0.358 e. The summed E-state index contributed by atoms with van der Waals surface area (Å²) < 4.78 is 6.56. The van der Waals surface area contributed by atoms with E-state index in [9.17, 15) is 4.79 Å². The van der Waals surface area contributed by atoms with Crippen LogP contribution < -0.4 is 4.90 Å². The highest BCUT2D eigenvalue weighted by molar-refractivity contribution is 9.09. The molecular weight excluding hydrogens is 390 g/mol. The first kappa shape index (κ1) is 18.2. The molecular formula is C22H28BrNO2. The maximum absolute atomic E-state index is 12.9. The lowest BCUT2D eigenvalue weighted by Gasteiger charge is -2.50. The van der Waals surface area contributed by atoms with E-state index in [0.29, 0.717) is 16.2 Å². The number of carbonyl (C=O) groups is 1. The van der Waals surface area contributed by atoms with Gasteiger partial charge in [-0.2, -0.15) is 0 Å². The third kappa shape index (κ3) is 2.68. The molecule has 0 radical (unpaired) electrons. The first-order chi connectivity index (χ1) is 12.3. The largest absolute Gasteiger partial charge is 0.358 e. The van der Waals surface area contributed by atoms with Gasteiger partial charge in [0.15, 0.2) is 6.10 Å². The van der Waals surface area contributed by atoms with Crippen molar-refractivity contribution < 1.29 is 9.53 Å². The van der Waals surface area contributed by atoms with Crippen LogP contribution in [0.5, 0.6) is 0 Å². The SMILES string of the molecule is C/C=C/[C@@H]1[C@H](O[C@]2(C)C[C@H]3[C@@H](C[C@H]2Br)C3(C)C)C(=O)N1c1ccccc1. The van der Waals surface area contributed by atoms with E-state index in [1.165, 1.54) is 0 Å². The van der Waals surface area contributed by atoms with Gasteiger partial charge in [-0.1, -0.05) is 60.1 Å². The number of amides is 1. The summed E-state index contributed by atoms with van der Waals surface area (Å²) in [5, 5.41) is 0. The van der Waals surface area contributed by atoms with Gasteiger partial charge in [0.05, 0.1) is 11.6 Å².